The Balaban J connectivity index is 0.00000162. The van der Waals surface area contributed by atoms with E-state index in [0.29, 0.717) is 16.5 Å². The van der Waals surface area contributed by atoms with Gasteiger partial charge >= 0.3 is 0 Å². The Kier molecular flexibility index (Phi) is 6.22. The van der Waals surface area contributed by atoms with Gasteiger partial charge in [0.1, 0.15) is 0 Å². The molecule has 1 aliphatic rings. The first-order valence-corrected chi connectivity index (χ1v) is 6.35. The fourth-order valence-corrected chi connectivity index (χ4v) is 2.17. The van der Waals surface area contributed by atoms with Crippen LogP contribution >= 0.6 is 35.6 Å². The van der Waals surface area contributed by atoms with Crippen molar-refractivity contribution >= 4 is 41.5 Å². The second-order valence-electron chi connectivity index (χ2n) is 4.06. The van der Waals surface area contributed by atoms with Crippen LogP contribution in [-0.2, 0) is 11.2 Å². The molecule has 3 nitrogen and oxygen atoms in total. The molecule has 0 unspecified atom stereocenters. The predicted octanol–water partition coefficient (Wildman–Crippen LogP) is 2.39. The van der Waals surface area contributed by atoms with Crippen molar-refractivity contribution in [3.05, 3.63) is 33.8 Å². The van der Waals surface area contributed by atoms with Crippen molar-refractivity contribution < 1.29 is 4.79 Å². The van der Waals surface area contributed by atoms with Crippen molar-refractivity contribution in [3.8, 4) is 0 Å². The Morgan fingerprint density at radius 1 is 1.22 bits per heavy atom. The van der Waals surface area contributed by atoms with Gasteiger partial charge in [-0.3, -0.25) is 4.79 Å². The summed E-state index contributed by atoms with van der Waals surface area (Å²) in [7, 11) is 0. The van der Waals surface area contributed by atoms with Gasteiger partial charge in [0.05, 0.1) is 16.5 Å². The highest BCUT2D eigenvalue weighted by Crippen LogP contribution is 2.23. The Morgan fingerprint density at radius 2 is 1.89 bits per heavy atom. The van der Waals surface area contributed by atoms with Crippen molar-refractivity contribution in [3.63, 3.8) is 0 Å². The van der Waals surface area contributed by atoms with Gasteiger partial charge in [0, 0.05) is 26.2 Å². The second kappa shape index (κ2) is 7.19. The molecule has 0 atom stereocenters. The molecule has 1 aliphatic heterocycles. The summed E-state index contributed by atoms with van der Waals surface area (Å²) in [6.45, 7) is 3.29. The quantitative estimate of drug-likeness (QED) is 0.910. The van der Waals surface area contributed by atoms with Gasteiger partial charge in [-0.15, -0.1) is 12.4 Å². The fourth-order valence-electron chi connectivity index (χ4n) is 1.85. The third-order valence-electron chi connectivity index (χ3n) is 2.81. The molecule has 100 valence electrons. The third kappa shape index (κ3) is 4.02. The summed E-state index contributed by atoms with van der Waals surface area (Å²) < 4.78 is 0. The SMILES string of the molecule is Cl.O=C(Cc1ccc(Cl)c(Cl)c1)N1CCNCC1. The molecule has 0 bridgehead atoms. The molecule has 6 heteroatoms. The summed E-state index contributed by atoms with van der Waals surface area (Å²) in [5, 5.41) is 4.23. The van der Waals surface area contributed by atoms with E-state index in [1.807, 2.05) is 11.0 Å². The summed E-state index contributed by atoms with van der Waals surface area (Å²) in [6, 6.07) is 5.32. The van der Waals surface area contributed by atoms with Crippen molar-refractivity contribution in [2.75, 3.05) is 26.2 Å². The summed E-state index contributed by atoms with van der Waals surface area (Å²) in [4.78, 5) is 13.9. The average molecular weight is 310 g/mol. The normalized spacial score (nSPS) is 15.1. The van der Waals surface area contributed by atoms with Gasteiger partial charge < -0.3 is 10.2 Å². The lowest BCUT2D eigenvalue weighted by molar-refractivity contribution is -0.131. The van der Waals surface area contributed by atoms with Crippen molar-refractivity contribution in [2.24, 2.45) is 0 Å². The molecule has 1 fully saturated rings. The Bertz CT molecular complexity index is 420. The Morgan fingerprint density at radius 3 is 2.50 bits per heavy atom. The number of hydrogen-bond donors (Lipinski definition) is 1. The number of carbonyl (C=O) groups excluding carboxylic acids is 1. The van der Waals surface area contributed by atoms with E-state index in [1.54, 1.807) is 12.1 Å². The Labute approximate surface area is 123 Å². The fraction of sp³-hybridized carbons (Fsp3) is 0.417. The minimum Gasteiger partial charge on any atom is -0.340 e. The topological polar surface area (TPSA) is 32.3 Å². The zero-order valence-corrected chi connectivity index (χ0v) is 12.1. The molecule has 0 aliphatic carbocycles. The summed E-state index contributed by atoms with van der Waals surface area (Å²) >= 11 is 11.7. The molecule has 1 heterocycles. The smallest absolute Gasteiger partial charge is 0.227 e. The first-order chi connectivity index (χ1) is 8.16. The zero-order chi connectivity index (χ0) is 12.3. The molecule has 2 rings (SSSR count). The highest BCUT2D eigenvalue weighted by atomic mass is 35.5. The van der Waals surface area contributed by atoms with Crippen molar-refractivity contribution in [1.82, 2.24) is 10.2 Å². The molecule has 0 spiro atoms. The minimum absolute atomic E-state index is 0. The van der Waals surface area contributed by atoms with E-state index in [0.717, 1.165) is 31.7 Å². The maximum atomic E-state index is 12.0. The minimum atomic E-state index is 0. The van der Waals surface area contributed by atoms with Gasteiger partial charge in [-0.05, 0) is 17.7 Å². The lowest BCUT2D eigenvalue weighted by atomic mass is 10.1. The lowest BCUT2D eigenvalue weighted by Gasteiger charge is -2.27. The third-order valence-corrected chi connectivity index (χ3v) is 3.55. The van der Waals surface area contributed by atoms with Gasteiger partial charge in [-0.1, -0.05) is 29.3 Å². The molecule has 1 N–H and O–H groups in total. The van der Waals surface area contributed by atoms with E-state index in [1.165, 1.54) is 0 Å². The van der Waals surface area contributed by atoms with E-state index >= 15 is 0 Å². The van der Waals surface area contributed by atoms with Crippen LogP contribution in [-0.4, -0.2) is 37.0 Å². The number of benzene rings is 1. The van der Waals surface area contributed by atoms with Crippen LogP contribution in [0.15, 0.2) is 18.2 Å². The predicted molar refractivity (Wildman–Crippen MR) is 76.9 cm³/mol. The van der Waals surface area contributed by atoms with Gasteiger partial charge in [-0.2, -0.15) is 0 Å². The molecule has 0 aromatic heterocycles. The summed E-state index contributed by atoms with van der Waals surface area (Å²) in [5.41, 5.74) is 0.905. The Hall–Kier alpha value is -0.480. The molecule has 1 saturated heterocycles. The van der Waals surface area contributed by atoms with Crippen LogP contribution in [0.5, 0.6) is 0 Å². The van der Waals surface area contributed by atoms with E-state index in [2.05, 4.69) is 5.32 Å². The van der Waals surface area contributed by atoms with Gasteiger partial charge in [-0.25, -0.2) is 0 Å². The first kappa shape index (κ1) is 15.6. The van der Waals surface area contributed by atoms with Crippen LogP contribution in [0.1, 0.15) is 5.56 Å². The lowest BCUT2D eigenvalue weighted by Crippen LogP contribution is -2.46. The van der Waals surface area contributed by atoms with Crippen LogP contribution in [0.3, 0.4) is 0 Å². The van der Waals surface area contributed by atoms with E-state index in [9.17, 15) is 4.79 Å². The van der Waals surface area contributed by atoms with Crippen LogP contribution in [0.2, 0.25) is 10.0 Å². The number of rotatable bonds is 2. The molecule has 18 heavy (non-hydrogen) atoms. The number of nitrogens with zero attached hydrogens (tertiary/aromatic N) is 1. The van der Waals surface area contributed by atoms with E-state index in [-0.39, 0.29) is 18.3 Å². The number of nitrogens with one attached hydrogen (secondary N) is 1. The molecule has 0 radical (unpaired) electrons. The highest BCUT2D eigenvalue weighted by molar-refractivity contribution is 6.42. The number of carbonyl (C=O) groups is 1. The number of amides is 1. The largest absolute Gasteiger partial charge is 0.340 e. The molecular formula is C12H15Cl3N2O. The zero-order valence-electron chi connectivity index (χ0n) is 9.79. The van der Waals surface area contributed by atoms with Crippen LogP contribution in [0, 0.1) is 0 Å². The summed E-state index contributed by atoms with van der Waals surface area (Å²) in [6.07, 6.45) is 0.386. The standard InChI is InChI=1S/C12H14Cl2N2O.ClH/c13-10-2-1-9(7-11(10)14)8-12(17)16-5-3-15-4-6-16;/h1-2,7,15H,3-6,8H2;1H. The number of piperazine rings is 1. The maximum Gasteiger partial charge on any atom is 0.227 e. The van der Waals surface area contributed by atoms with Crippen LogP contribution in [0.4, 0.5) is 0 Å². The molecular weight excluding hydrogens is 295 g/mol. The highest BCUT2D eigenvalue weighted by Gasteiger charge is 2.16. The monoisotopic (exact) mass is 308 g/mol. The van der Waals surface area contributed by atoms with E-state index in [4.69, 9.17) is 23.2 Å². The van der Waals surface area contributed by atoms with Crippen molar-refractivity contribution in [1.29, 1.82) is 0 Å². The van der Waals surface area contributed by atoms with Crippen LogP contribution in [0.25, 0.3) is 0 Å². The summed E-state index contributed by atoms with van der Waals surface area (Å²) in [5.74, 6) is 0.143. The van der Waals surface area contributed by atoms with Gasteiger partial charge in [0.25, 0.3) is 0 Å². The number of halogens is 3. The van der Waals surface area contributed by atoms with Crippen molar-refractivity contribution in [2.45, 2.75) is 6.42 Å². The maximum absolute atomic E-state index is 12.0. The van der Waals surface area contributed by atoms with Crippen LogP contribution < -0.4 is 5.32 Å². The molecule has 1 aromatic carbocycles. The molecule has 1 aromatic rings. The second-order valence-corrected chi connectivity index (χ2v) is 4.87. The van der Waals surface area contributed by atoms with E-state index < -0.39 is 0 Å². The number of hydrogen-bond acceptors (Lipinski definition) is 2. The molecule has 1 amide bonds. The molecule has 0 saturated carbocycles. The van der Waals surface area contributed by atoms with Gasteiger partial charge in [0.2, 0.25) is 5.91 Å². The van der Waals surface area contributed by atoms with Gasteiger partial charge in [0.15, 0.2) is 0 Å². The first-order valence-electron chi connectivity index (χ1n) is 5.59. The average Bonchev–Trinajstić information content (AvgIpc) is 2.35.